The lowest BCUT2D eigenvalue weighted by atomic mass is 10.3. The van der Waals surface area contributed by atoms with E-state index < -0.39 is 54.1 Å². The van der Waals surface area contributed by atoms with E-state index in [1.807, 2.05) is 0 Å². The molecule has 2 rings (SSSR count). The molecule has 152 valence electrons. The third-order valence-corrected chi connectivity index (χ3v) is 5.09. The highest BCUT2D eigenvalue weighted by Crippen LogP contribution is 2.41. The first kappa shape index (κ1) is 22.5. The Bertz CT molecular complexity index is 962. The van der Waals surface area contributed by atoms with Crippen molar-refractivity contribution < 1.29 is 35.6 Å². The molecule has 1 atom stereocenters. The van der Waals surface area contributed by atoms with E-state index in [4.69, 9.17) is 44.8 Å². The SMILES string of the molecule is COc1c(S(=O)C(F)(F)Cl)c(C#N)nn1-c1c(Cl)cc(OC(F)(F)F)cc1Cl. The summed E-state index contributed by atoms with van der Waals surface area (Å²) in [5, 5.41) is 11.8. The standard InChI is InChI=1S/C13H5Cl3F5N3O3S/c1-26-11-10(28(25)12(16,17)18)8(4-22)23-24(11)9-6(14)2-5(3-7(9)15)27-13(19,20)21/h2-3H,1H3. The monoisotopic (exact) mass is 483 g/mol. The molecule has 2 aromatic rings. The number of aromatic nitrogens is 2. The molecule has 0 amide bonds. The molecule has 0 N–H and O–H groups in total. The predicted octanol–water partition coefficient (Wildman–Crippen LogP) is 4.85. The zero-order valence-electron chi connectivity index (χ0n) is 13.2. The molecule has 0 aliphatic carbocycles. The van der Waals surface area contributed by atoms with E-state index in [-0.39, 0.29) is 5.69 Å². The van der Waals surface area contributed by atoms with Crippen molar-refractivity contribution in [3.63, 3.8) is 0 Å². The average Bonchev–Trinajstić information content (AvgIpc) is 2.88. The molecule has 1 heterocycles. The van der Waals surface area contributed by atoms with Crippen LogP contribution in [0.1, 0.15) is 5.69 Å². The first-order valence-corrected chi connectivity index (χ1v) is 8.89. The molecule has 6 nitrogen and oxygen atoms in total. The van der Waals surface area contributed by atoms with Crippen LogP contribution >= 0.6 is 34.8 Å². The van der Waals surface area contributed by atoms with E-state index in [1.165, 1.54) is 6.07 Å². The number of benzene rings is 1. The molecular formula is C13H5Cl3F5N3O3S. The summed E-state index contributed by atoms with van der Waals surface area (Å²) in [6, 6.07) is 2.88. The number of ether oxygens (including phenoxy) is 2. The number of methoxy groups -OCH3 is 1. The van der Waals surface area contributed by atoms with Gasteiger partial charge in [-0.05, 0) is 11.6 Å². The van der Waals surface area contributed by atoms with E-state index >= 15 is 0 Å². The van der Waals surface area contributed by atoms with Crippen LogP contribution in [0.2, 0.25) is 10.0 Å². The van der Waals surface area contributed by atoms with E-state index in [0.717, 1.165) is 19.2 Å². The molecule has 0 radical (unpaired) electrons. The maximum atomic E-state index is 13.3. The van der Waals surface area contributed by atoms with Gasteiger partial charge in [0.2, 0.25) is 5.88 Å². The number of halogens is 8. The molecule has 28 heavy (non-hydrogen) atoms. The number of hydrogen-bond acceptors (Lipinski definition) is 5. The highest BCUT2D eigenvalue weighted by molar-refractivity contribution is 7.87. The van der Waals surface area contributed by atoms with Crippen LogP contribution in [0.15, 0.2) is 17.0 Å². The molecule has 0 spiro atoms. The summed E-state index contributed by atoms with van der Waals surface area (Å²) in [6.45, 7) is 0. The molecule has 0 saturated heterocycles. The van der Waals surface area contributed by atoms with E-state index in [1.54, 1.807) is 0 Å². The van der Waals surface area contributed by atoms with Gasteiger partial charge in [-0.1, -0.05) is 23.2 Å². The first-order valence-electron chi connectivity index (χ1n) is 6.61. The van der Waals surface area contributed by atoms with Gasteiger partial charge in [0.15, 0.2) is 5.69 Å². The minimum Gasteiger partial charge on any atom is -0.480 e. The van der Waals surface area contributed by atoms with Crippen molar-refractivity contribution in [3.05, 3.63) is 27.9 Å². The summed E-state index contributed by atoms with van der Waals surface area (Å²) in [4.78, 5) is -0.854. The first-order chi connectivity index (χ1) is 12.8. The summed E-state index contributed by atoms with van der Waals surface area (Å²) in [7, 11) is -2.29. The Kier molecular flexibility index (Phi) is 6.34. The van der Waals surface area contributed by atoms with Crippen LogP contribution in [0.3, 0.4) is 0 Å². The zero-order chi connectivity index (χ0) is 21.4. The predicted molar refractivity (Wildman–Crippen MR) is 88.7 cm³/mol. The van der Waals surface area contributed by atoms with Crippen LogP contribution in [0, 0.1) is 11.3 Å². The molecule has 0 aliphatic rings. The largest absolute Gasteiger partial charge is 0.573 e. The van der Waals surface area contributed by atoms with Gasteiger partial charge < -0.3 is 9.47 Å². The van der Waals surface area contributed by atoms with Gasteiger partial charge in [0, 0.05) is 12.1 Å². The van der Waals surface area contributed by atoms with Crippen molar-refractivity contribution in [3.8, 4) is 23.4 Å². The van der Waals surface area contributed by atoms with E-state index in [9.17, 15) is 26.2 Å². The number of nitriles is 1. The lowest BCUT2D eigenvalue weighted by molar-refractivity contribution is -0.274. The summed E-state index contributed by atoms with van der Waals surface area (Å²) in [5.41, 5.74) is -1.09. The molecule has 1 unspecified atom stereocenters. The second-order valence-electron chi connectivity index (χ2n) is 4.71. The molecule has 1 aromatic heterocycles. The van der Waals surface area contributed by atoms with Crippen LogP contribution in [0.5, 0.6) is 11.6 Å². The topological polar surface area (TPSA) is 77.1 Å². The second kappa shape index (κ2) is 7.90. The fourth-order valence-corrected chi connectivity index (χ4v) is 3.69. The van der Waals surface area contributed by atoms with Gasteiger partial charge in [0.1, 0.15) is 33.2 Å². The van der Waals surface area contributed by atoms with Crippen LogP contribution in [0.4, 0.5) is 22.0 Å². The Hall–Kier alpha value is -1.81. The number of hydrogen-bond donors (Lipinski definition) is 0. The van der Waals surface area contributed by atoms with Gasteiger partial charge in [-0.3, -0.25) is 0 Å². The third kappa shape index (κ3) is 4.60. The Morgan fingerprint density at radius 1 is 1.21 bits per heavy atom. The number of alkyl halides is 6. The molecule has 15 heteroatoms. The second-order valence-corrected chi connectivity index (χ2v) is 7.68. The third-order valence-electron chi connectivity index (χ3n) is 2.93. The molecule has 0 aliphatic heterocycles. The zero-order valence-corrected chi connectivity index (χ0v) is 16.2. The summed E-state index contributed by atoms with van der Waals surface area (Å²) in [5.74, 6) is -1.41. The van der Waals surface area contributed by atoms with Crippen LogP contribution in [-0.4, -0.2) is 32.2 Å². The normalized spacial score (nSPS) is 13.1. The Morgan fingerprint density at radius 3 is 2.14 bits per heavy atom. The number of nitrogens with zero attached hydrogens (tertiary/aromatic N) is 3. The van der Waals surface area contributed by atoms with Crippen molar-refractivity contribution in [2.24, 2.45) is 0 Å². The molecule has 0 fully saturated rings. The van der Waals surface area contributed by atoms with Crippen molar-refractivity contribution >= 4 is 45.6 Å². The summed E-state index contributed by atoms with van der Waals surface area (Å²) in [6.07, 6.45) is -5.03. The highest BCUT2D eigenvalue weighted by Gasteiger charge is 2.41. The Labute approximate surface area is 170 Å². The average molecular weight is 485 g/mol. The quantitative estimate of drug-likeness (QED) is 0.448. The Balaban J connectivity index is 2.72. The van der Waals surface area contributed by atoms with Crippen molar-refractivity contribution in [2.75, 3.05) is 7.11 Å². The molecular weight excluding hydrogens is 480 g/mol. The molecule has 0 saturated carbocycles. The lowest BCUT2D eigenvalue weighted by Crippen LogP contribution is -2.17. The van der Waals surface area contributed by atoms with Gasteiger partial charge in [0.05, 0.1) is 17.2 Å². The highest BCUT2D eigenvalue weighted by atomic mass is 35.5. The van der Waals surface area contributed by atoms with Crippen LogP contribution < -0.4 is 9.47 Å². The minimum absolute atomic E-state index is 0.340. The van der Waals surface area contributed by atoms with Gasteiger partial charge >= 0.3 is 11.1 Å². The van der Waals surface area contributed by atoms with Crippen LogP contribution in [-0.2, 0) is 10.8 Å². The fraction of sp³-hybridized carbons (Fsp3) is 0.231. The van der Waals surface area contributed by atoms with Crippen LogP contribution in [0.25, 0.3) is 5.69 Å². The smallest absolute Gasteiger partial charge is 0.480 e. The Morgan fingerprint density at radius 2 is 1.75 bits per heavy atom. The summed E-state index contributed by atoms with van der Waals surface area (Å²) >= 11 is 16.6. The van der Waals surface area contributed by atoms with E-state index in [0.29, 0.717) is 4.68 Å². The maximum Gasteiger partial charge on any atom is 0.573 e. The van der Waals surface area contributed by atoms with Crippen molar-refractivity contribution in [1.29, 1.82) is 5.26 Å². The van der Waals surface area contributed by atoms with E-state index in [2.05, 4.69) is 9.84 Å². The lowest BCUT2D eigenvalue weighted by Gasteiger charge is -2.14. The van der Waals surface area contributed by atoms with Gasteiger partial charge in [-0.15, -0.1) is 13.2 Å². The minimum atomic E-state index is -5.03. The molecule has 1 aromatic carbocycles. The summed E-state index contributed by atoms with van der Waals surface area (Å²) < 4.78 is 80.6. The van der Waals surface area contributed by atoms with Gasteiger partial charge in [0.25, 0.3) is 0 Å². The number of rotatable bonds is 5. The van der Waals surface area contributed by atoms with Crippen molar-refractivity contribution in [1.82, 2.24) is 9.78 Å². The maximum absolute atomic E-state index is 13.3. The fourth-order valence-electron chi connectivity index (χ4n) is 2.01. The van der Waals surface area contributed by atoms with Gasteiger partial charge in [-0.2, -0.15) is 23.8 Å². The van der Waals surface area contributed by atoms with Gasteiger partial charge in [-0.25, -0.2) is 4.21 Å². The van der Waals surface area contributed by atoms with Crippen molar-refractivity contribution in [2.45, 2.75) is 16.0 Å². The molecule has 0 bridgehead atoms.